The molecule has 1 atom stereocenters. The Morgan fingerprint density at radius 2 is 2.12 bits per heavy atom. The molecule has 8 heteroatoms. The number of ether oxygens (including phenoxy) is 1. The molecule has 1 aromatic heterocycles. The van der Waals surface area contributed by atoms with E-state index in [2.05, 4.69) is 4.98 Å². The van der Waals surface area contributed by atoms with Gasteiger partial charge in [0.2, 0.25) is 0 Å². The lowest BCUT2D eigenvalue weighted by atomic mass is 10.1. The molecule has 1 saturated heterocycles. The van der Waals surface area contributed by atoms with Crippen molar-refractivity contribution in [2.75, 3.05) is 6.61 Å². The first-order chi connectivity index (χ1) is 12.0. The first kappa shape index (κ1) is 17.4. The number of Topliss-reactive ketones (excluding diaryl/α,β-unsaturated/α-hetero) is 1. The molecule has 2 heterocycles. The Labute approximate surface area is 152 Å². The molecule has 128 valence electrons. The number of carbonyl (C=O) groups is 2. The number of carbonyl (C=O) groups excluding carboxylic acids is 1. The van der Waals surface area contributed by atoms with Gasteiger partial charge in [0.05, 0.1) is 23.0 Å². The van der Waals surface area contributed by atoms with E-state index in [1.165, 1.54) is 11.3 Å². The topological polar surface area (TPSA) is 100 Å². The molecule has 2 N–H and O–H groups in total. The number of allylic oxidation sites excluding steroid dienone is 1. The molecule has 0 unspecified atom stereocenters. The maximum atomic E-state index is 12.5. The Hall–Kier alpha value is -2.45. The number of benzene rings is 1. The molecule has 1 aliphatic rings. The van der Waals surface area contributed by atoms with Crippen LogP contribution < -0.4 is 4.74 Å². The van der Waals surface area contributed by atoms with Crippen molar-refractivity contribution in [3.05, 3.63) is 51.3 Å². The first-order valence-electron chi connectivity index (χ1n) is 7.41. The van der Waals surface area contributed by atoms with E-state index in [9.17, 15) is 9.59 Å². The highest BCUT2D eigenvalue weighted by Crippen LogP contribution is 2.41. The van der Waals surface area contributed by atoms with Crippen molar-refractivity contribution < 1.29 is 19.4 Å². The summed E-state index contributed by atoms with van der Waals surface area (Å²) in [6, 6.07) is 7.03. The highest BCUT2D eigenvalue weighted by molar-refractivity contribution is 8.19. The normalized spacial score (nSPS) is 18.7. The van der Waals surface area contributed by atoms with E-state index in [0.29, 0.717) is 20.7 Å². The minimum Gasteiger partial charge on any atom is -0.493 e. The fourth-order valence-electron chi connectivity index (χ4n) is 2.26. The van der Waals surface area contributed by atoms with E-state index in [1.54, 1.807) is 41.9 Å². The van der Waals surface area contributed by atoms with Crippen LogP contribution in [0.25, 0.3) is 6.08 Å². The third-order valence-corrected chi connectivity index (χ3v) is 5.28. The molecule has 1 aromatic carbocycles. The number of carboxylic acids is 1. The summed E-state index contributed by atoms with van der Waals surface area (Å²) in [6.45, 7) is 0.108. The molecule has 25 heavy (non-hydrogen) atoms. The summed E-state index contributed by atoms with van der Waals surface area (Å²) in [5.41, 5.74) is 0.814. The lowest BCUT2D eigenvalue weighted by molar-refractivity contribution is -0.137. The molecule has 0 bridgehead atoms. The van der Waals surface area contributed by atoms with Gasteiger partial charge in [-0.25, -0.2) is 4.98 Å². The van der Waals surface area contributed by atoms with Gasteiger partial charge >= 0.3 is 5.97 Å². The smallest absolute Gasteiger partial charge is 0.306 e. The Morgan fingerprint density at radius 3 is 2.76 bits per heavy atom. The molecule has 1 aliphatic heterocycles. The van der Waals surface area contributed by atoms with E-state index in [-0.39, 0.29) is 18.8 Å². The van der Waals surface area contributed by atoms with Crippen molar-refractivity contribution in [3.63, 3.8) is 0 Å². The fourth-order valence-corrected chi connectivity index (χ4v) is 4.06. The van der Waals surface area contributed by atoms with Crippen LogP contribution in [0.3, 0.4) is 0 Å². The van der Waals surface area contributed by atoms with Crippen LogP contribution in [-0.2, 0) is 9.59 Å². The molecule has 3 rings (SSSR count). The average molecular weight is 374 g/mol. The van der Waals surface area contributed by atoms with Crippen LogP contribution in [0, 0.1) is 5.41 Å². The molecule has 1 fully saturated rings. The van der Waals surface area contributed by atoms with Crippen molar-refractivity contribution in [2.24, 2.45) is 0 Å². The monoisotopic (exact) mass is 374 g/mol. The number of nitrogens with zero attached hydrogens (tertiary/aromatic N) is 1. The lowest BCUT2D eigenvalue weighted by Gasteiger charge is -2.04. The molecule has 0 amide bonds. The summed E-state index contributed by atoms with van der Waals surface area (Å²) in [4.78, 5) is 27.7. The minimum absolute atomic E-state index is 0.0583. The van der Waals surface area contributed by atoms with Gasteiger partial charge in [0.25, 0.3) is 0 Å². The predicted octanol–water partition coefficient (Wildman–Crippen LogP) is 3.41. The number of hydrogen-bond acceptors (Lipinski definition) is 7. The second-order valence-corrected chi connectivity index (χ2v) is 7.21. The molecule has 0 spiro atoms. The number of aliphatic carboxylic acids is 1. The molecule has 0 saturated carbocycles. The Bertz CT molecular complexity index is 829. The molecule has 0 aliphatic carbocycles. The third kappa shape index (κ3) is 4.15. The van der Waals surface area contributed by atoms with Gasteiger partial charge in [0.15, 0.2) is 5.78 Å². The van der Waals surface area contributed by atoms with Gasteiger partial charge in [-0.2, -0.15) is 0 Å². The predicted molar refractivity (Wildman–Crippen MR) is 97.3 cm³/mol. The molecule has 0 radical (unpaired) electrons. The standard InChI is InChI=1S/C17H14N2O4S2/c18-16-14(17-19-6-8-24-17)15(22)12(25-16)9-10-1-3-11(4-2-10)23-7-5-13(20)21/h1-4,6,8-9,14,18H,5,7H2,(H,20,21)/b12-9-,18-16?/t14-/m1/s1. The number of nitrogens with one attached hydrogen (secondary N) is 1. The van der Waals surface area contributed by atoms with Crippen molar-refractivity contribution in [1.29, 1.82) is 5.41 Å². The van der Waals surface area contributed by atoms with Gasteiger partial charge in [-0.1, -0.05) is 23.9 Å². The number of thioether (sulfide) groups is 1. The summed E-state index contributed by atoms with van der Waals surface area (Å²) in [6.07, 6.45) is 3.32. The number of hydrogen-bond donors (Lipinski definition) is 2. The molecule has 6 nitrogen and oxygen atoms in total. The highest BCUT2D eigenvalue weighted by Gasteiger charge is 2.38. The summed E-state index contributed by atoms with van der Waals surface area (Å²) in [7, 11) is 0. The van der Waals surface area contributed by atoms with Crippen molar-refractivity contribution in [1.82, 2.24) is 4.98 Å². The van der Waals surface area contributed by atoms with Gasteiger partial charge < -0.3 is 9.84 Å². The zero-order valence-corrected chi connectivity index (χ0v) is 14.6. The summed E-state index contributed by atoms with van der Waals surface area (Å²) in [5.74, 6) is -1.03. The number of carboxylic acid groups (broad SMARTS) is 1. The van der Waals surface area contributed by atoms with Crippen molar-refractivity contribution >= 4 is 46.0 Å². The summed E-state index contributed by atoms with van der Waals surface area (Å²) < 4.78 is 5.33. The van der Waals surface area contributed by atoms with Gasteiger partial charge in [0, 0.05) is 11.6 Å². The van der Waals surface area contributed by atoms with E-state index in [0.717, 1.165) is 17.3 Å². The van der Waals surface area contributed by atoms with E-state index >= 15 is 0 Å². The highest BCUT2D eigenvalue weighted by atomic mass is 32.2. The second-order valence-electron chi connectivity index (χ2n) is 5.20. The van der Waals surface area contributed by atoms with Crippen molar-refractivity contribution in [2.45, 2.75) is 12.3 Å². The zero-order valence-electron chi connectivity index (χ0n) is 13.0. The number of thiazole rings is 1. The van der Waals surface area contributed by atoms with Crippen LogP contribution in [-0.4, -0.2) is 33.5 Å². The summed E-state index contributed by atoms with van der Waals surface area (Å²) in [5, 5.41) is 19.4. The maximum Gasteiger partial charge on any atom is 0.306 e. The fraction of sp³-hybridized carbons (Fsp3) is 0.176. The largest absolute Gasteiger partial charge is 0.493 e. The van der Waals surface area contributed by atoms with E-state index < -0.39 is 11.9 Å². The Kier molecular flexibility index (Phi) is 5.30. The number of aromatic nitrogens is 1. The number of rotatable bonds is 6. The Morgan fingerprint density at radius 1 is 1.36 bits per heavy atom. The maximum absolute atomic E-state index is 12.5. The summed E-state index contributed by atoms with van der Waals surface area (Å²) >= 11 is 2.54. The SMILES string of the molecule is N=C1S/C(=C\c2ccc(OCCC(=O)O)cc2)C(=O)[C@H]1c1nccs1. The molecular formula is C17H14N2O4S2. The lowest BCUT2D eigenvalue weighted by Crippen LogP contribution is -2.11. The minimum atomic E-state index is -0.907. The van der Waals surface area contributed by atoms with Crippen LogP contribution in [0.15, 0.2) is 40.7 Å². The van der Waals surface area contributed by atoms with Crippen LogP contribution in [0.1, 0.15) is 22.9 Å². The zero-order chi connectivity index (χ0) is 17.8. The van der Waals surface area contributed by atoms with Crippen molar-refractivity contribution in [3.8, 4) is 5.75 Å². The van der Waals surface area contributed by atoms with Gasteiger partial charge in [-0.15, -0.1) is 11.3 Å². The van der Waals surface area contributed by atoms with E-state index in [1.807, 2.05) is 0 Å². The van der Waals surface area contributed by atoms with E-state index in [4.69, 9.17) is 15.3 Å². The van der Waals surface area contributed by atoms with Gasteiger partial charge in [-0.05, 0) is 23.8 Å². The second kappa shape index (κ2) is 7.62. The van der Waals surface area contributed by atoms with Crippen LogP contribution in [0.2, 0.25) is 0 Å². The molecule has 2 aromatic rings. The Balaban J connectivity index is 1.70. The van der Waals surface area contributed by atoms with Crippen LogP contribution in [0.5, 0.6) is 5.75 Å². The first-order valence-corrected chi connectivity index (χ1v) is 9.10. The van der Waals surface area contributed by atoms with Crippen LogP contribution in [0.4, 0.5) is 0 Å². The third-order valence-electron chi connectivity index (χ3n) is 3.45. The van der Waals surface area contributed by atoms with Crippen LogP contribution >= 0.6 is 23.1 Å². The number of ketones is 1. The quantitative estimate of drug-likeness (QED) is 0.752. The molecular weight excluding hydrogens is 360 g/mol. The average Bonchev–Trinajstić information content (AvgIpc) is 3.17. The van der Waals surface area contributed by atoms with Gasteiger partial charge in [0.1, 0.15) is 16.7 Å². The van der Waals surface area contributed by atoms with Gasteiger partial charge in [-0.3, -0.25) is 15.0 Å².